The van der Waals surface area contributed by atoms with Crippen LogP contribution < -0.4 is 11.1 Å². The molecule has 0 aliphatic heterocycles. The quantitative estimate of drug-likeness (QED) is 0.816. The van der Waals surface area contributed by atoms with E-state index in [4.69, 9.17) is 10.5 Å². The van der Waals surface area contributed by atoms with Gasteiger partial charge in [0.15, 0.2) is 0 Å². The number of amides is 1. The molecule has 0 aromatic heterocycles. The number of hydrogen-bond acceptors (Lipinski definition) is 3. The van der Waals surface area contributed by atoms with E-state index >= 15 is 0 Å². The minimum atomic E-state index is -0.448. The highest BCUT2D eigenvalue weighted by Crippen LogP contribution is 2.34. The predicted octanol–water partition coefficient (Wildman–Crippen LogP) is 2.81. The Morgan fingerprint density at radius 3 is 2.39 bits per heavy atom. The first-order chi connectivity index (χ1) is 8.26. The van der Waals surface area contributed by atoms with Gasteiger partial charge in [-0.2, -0.15) is 0 Å². The largest absolute Gasteiger partial charge is 0.444 e. The topological polar surface area (TPSA) is 64.3 Å². The molecule has 1 aliphatic rings. The molecule has 0 saturated heterocycles. The molecule has 0 radical (unpaired) electrons. The molecule has 1 fully saturated rings. The molecule has 4 nitrogen and oxygen atoms in total. The predicted molar refractivity (Wildman–Crippen MR) is 73.4 cm³/mol. The standard InChI is InChI=1S/C14H28N2O2/c1-11-5-7-14(8-6-11,9-10-15)16-12(17)18-13(2,3)4/h11H,5-10,15H2,1-4H3,(H,16,17). The summed E-state index contributed by atoms with van der Waals surface area (Å²) < 4.78 is 5.35. The van der Waals surface area contributed by atoms with Crippen molar-refractivity contribution in [3.05, 3.63) is 0 Å². The number of nitrogens with one attached hydrogen (secondary N) is 1. The van der Waals surface area contributed by atoms with Gasteiger partial charge in [-0.05, 0) is 65.3 Å². The van der Waals surface area contributed by atoms with Crippen LogP contribution in [0.5, 0.6) is 0 Å². The molecule has 0 atom stereocenters. The Hall–Kier alpha value is -0.770. The Balaban J connectivity index is 2.60. The van der Waals surface area contributed by atoms with E-state index in [0.717, 1.165) is 38.0 Å². The third kappa shape index (κ3) is 4.84. The SMILES string of the molecule is CC1CCC(CCN)(NC(=O)OC(C)(C)C)CC1. The van der Waals surface area contributed by atoms with Crippen molar-refractivity contribution in [3.8, 4) is 0 Å². The first-order valence-corrected chi connectivity index (χ1v) is 6.98. The fourth-order valence-electron chi connectivity index (χ4n) is 2.55. The van der Waals surface area contributed by atoms with Gasteiger partial charge < -0.3 is 15.8 Å². The van der Waals surface area contributed by atoms with Crippen LogP contribution in [0.2, 0.25) is 0 Å². The van der Waals surface area contributed by atoms with Crippen LogP contribution in [0.25, 0.3) is 0 Å². The van der Waals surface area contributed by atoms with Gasteiger partial charge in [0.25, 0.3) is 0 Å². The van der Waals surface area contributed by atoms with Crippen molar-refractivity contribution in [2.24, 2.45) is 11.7 Å². The van der Waals surface area contributed by atoms with Crippen LogP contribution >= 0.6 is 0 Å². The molecule has 0 unspecified atom stereocenters. The van der Waals surface area contributed by atoms with Gasteiger partial charge in [-0.3, -0.25) is 0 Å². The maximum atomic E-state index is 11.9. The van der Waals surface area contributed by atoms with Gasteiger partial charge in [0.05, 0.1) is 0 Å². The molecular weight excluding hydrogens is 228 g/mol. The van der Waals surface area contributed by atoms with Crippen molar-refractivity contribution in [1.82, 2.24) is 5.32 Å². The minimum Gasteiger partial charge on any atom is -0.444 e. The first kappa shape index (κ1) is 15.3. The second-order valence-corrected chi connectivity index (χ2v) is 6.63. The molecule has 4 heteroatoms. The van der Waals surface area contributed by atoms with E-state index in [1.54, 1.807) is 0 Å². The maximum absolute atomic E-state index is 11.9. The van der Waals surface area contributed by atoms with Crippen molar-refractivity contribution >= 4 is 6.09 Å². The van der Waals surface area contributed by atoms with Gasteiger partial charge in [0.2, 0.25) is 0 Å². The second-order valence-electron chi connectivity index (χ2n) is 6.63. The lowest BCUT2D eigenvalue weighted by atomic mass is 9.75. The van der Waals surface area contributed by atoms with Crippen LogP contribution in [0.3, 0.4) is 0 Å². The summed E-state index contributed by atoms with van der Waals surface area (Å²) in [7, 11) is 0. The fourth-order valence-corrected chi connectivity index (χ4v) is 2.55. The van der Waals surface area contributed by atoms with E-state index < -0.39 is 5.60 Å². The Bertz CT molecular complexity index is 276. The van der Waals surface area contributed by atoms with Crippen molar-refractivity contribution in [1.29, 1.82) is 0 Å². The Morgan fingerprint density at radius 2 is 1.94 bits per heavy atom. The van der Waals surface area contributed by atoms with E-state index in [-0.39, 0.29) is 11.6 Å². The summed E-state index contributed by atoms with van der Waals surface area (Å²) >= 11 is 0. The summed E-state index contributed by atoms with van der Waals surface area (Å²) in [5, 5.41) is 3.07. The maximum Gasteiger partial charge on any atom is 0.408 e. The van der Waals surface area contributed by atoms with Gasteiger partial charge in [0.1, 0.15) is 5.60 Å². The second kappa shape index (κ2) is 5.91. The lowest BCUT2D eigenvalue weighted by Gasteiger charge is -2.40. The number of alkyl carbamates (subject to hydrolysis) is 1. The minimum absolute atomic E-state index is 0.149. The monoisotopic (exact) mass is 256 g/mol. The molecule has 0 aromatic carbocycles. The zero-order chi connectivity index (χ0) is 13.8. The molecule has 106 valence electrons. The fraction of sp³-hybridized carbons (Fsp3) is 0.929. The third-order valence-corrected chi connectivity index (χ3v) is 3.62. The lowest BCUT2D eigenvalue weighted by Crippen LogP contribution is -2.52. The van der Waals surface area contributed by atoms with E-state index in [0.29, 0.717) is 6.54 Å². The average molecular weight is 256 g/mol. The highest BCUT2D eigenvalue weighted by molar-refractivity contribution is 5.68. The highest BCUT2D eigenvalue weighted by atomic mass is 16.6. The number of hydrogen-bond donors (Lipinski definition) is 2. The summed E-state index contributed by atoms with van der Waals surface area (Å²) in [5.74, 6) is 0.747. The summed E-state index contributed by atoms with van der Waals surface area (Å²) in [5.41, 5.74) is 5.09. The molecule has 0 aromatic rings. The zero-order valence-corrected chi connectivity index (χ0v) is 12.2. The van der Waals surface area contributed by atoms with Crippen LogP contribution in [0.1, 0.15) is 59.8 Å². The van der Waals surface area contributed by atoms with E-state index in [2.05, 4.69) is 12.2 Å². The summed E-state index contributed by atoms with van der Waals surface area (Å²) in [6.45, 7) is 8.51. The van der Waals surface area contributed by atoms with E-state index in [1.165, 1.54) is 0 Å². The van der Waals surface area contributed by atoms with Crippen molar-refractivity contribution < 1.29 is 9.53 Å². The van der Waals surface area contributed by atoms with Crippen LogP contribution in [0, 0.1) is 5.92 Å². The molecule has 0 spiro atoms. The molecule has 0 heterocycles. The Morgan fingerprint density at radius 1 is 1.39 bits per heavy atom. The van der Waals surface area contributed by atoms with Crippen LogP contribution in [-0.4, -0.2) is 23.8 Å². The van der Waals surface area contributed by atoms with Crippen molar-refractivity contribution in [2.45, 2.75) is 70.9 Å². The summed E-state index contributed by atoms with van der Waals surface area (Å²) in [6, 6.07) is 0. The highest BCUT2D eigenvalue weighted by Gasteiger charge is 2.36. The first-order valence-electron chi connectivity index (χ1n) is 6.98. The van der Waals surface area contributed by atoms with Gasteiger partial charge in [-0.25, -0.2) is 4.79 Å². The normalized spacial score (nSPS) is 28.8. The Labute approximate surface area is 111 Å². The molecule has 1 rings (SSSR count). The van der Waals surface area contributed by atoms with E-state index in [1.807, 2.05) is 20.8 Å². The van der Waals surface area contributed by atoms with Gasteiger partial charge >= 0.3 is 6.09 Å². The number of carbonyl (C=O) groups is 1. The summed E-state index contributed by atoms with van der Waals surface area (Å²) in [6.07, 6.45) is 4.82. The van der Waals surface area contributed by atoms with Gasteiger partial charge in [-0.1, -0.05) is 6.92 Å². The van der Waals surface area contributed by atoms with Crippen LogP contribution in [0.15, 0.2) is 0 Å². The number of nitrogens with two attached hydrogens (primary N) is 1. The number of ether oxygens (including phenoxy) is 1. The number of carbonyl (C=O) groups excluding carboxylic acids is 1. The van der Waals surface area contributed by atoms with Crippen LogP contribution in [-0.2, 0) is 4.74 Å². The number of rotatable bonds is 3. The van der Waals surface area contributed by atoms with E-state index in [9.17, 15) is 4.79 Å². The smallest absolute Gasteiger partial charge is 0.408 e. The molecular formula is C14H28N2O2. The third-order valence-electron chi connectivity index (χ3n) is 3.62. The molecule has 0 bridgehead atoms. The van der Waals surface area contributed by atoms with Crippen LogP contribution in [0.4, 0.5) is 4.79 Å². The average Bonchev–Trinajstić information content (AvgIpc) is 2.20. The molecule has 1 amide bonds. The molecule has 3 N–H and O–H groups in total. The summed E-state index contributed by atoms with van der Waals surface area (Å²) in [4.78, 5) is 11.9. The Kier molecular flexibility index (Phi) is 5.02. The van der Waals surface area contributed by atoms with Gasteiger partial charge in [0, 0.05) is 5.54 Å². The molecule has 18 heavy (non-hydrogen) atoms. The van der Waals surface area contributed by atoms with Crippen molar-refractivity contribution in [2.75, 3.05) is 6.54 Å². The van der Waals surface area contributed by atoms with Crippen molar-refractivity contribution in [3.63, 3.8) is 0 Å². The zero-order valence-electron chi connectivity index (χ0n) is 12.2. The molecule has 1 saturated carbocycles. The molecule has 1 aliphatic carbocycles. The van der Waals surface area contributed by atoms with Gasteiger partial charge in [-0.15, -0.1) is 0 Å². The lowest BCUT2D eigenvalue weighted by molar-refractivity contribution is 0.0404.